The van der Waals surface area contributed by atoms with Crippen LogP contribution in [0.5, 0.6) is 0 Å². The first-order chi connectivity index (χ1) is 7.24. The summed E-state index contributed by atoms with van der Waals surface area (Å²) < 4.78 is 50.6. The normalized spacial score (nSPS) is 13.4. The van der Waals surface area contributed by atoms with Gasteiger partial charge in [-0.3, -0.25) is 0 Å². The van der Waals surface area contributed by atoms with Crippen molar-refractivity contribution in [2.24, 2.45) is 0 Å². The second kappa shape index (κ2) is 4.57. The number of aryl methyl sites for hydroxylation is 1. The van der Waals surface area contributed by atoms with Crippen LogP contribution in [-0.2, 0) is 0 Å². The van der Waals surface area contributed by atoms with Crippen LogP contribution in [0, 0.1) is 6.92 Å². The summed E-state index contributed by atoms with van der Waals surface area (Å²) in [5, 5.41) is 0. The van der Waals surface area contributed by atoms with Crippen molar-refractivity contribution in [3.63, 3.8) is 0 Å². The molecule has 1 aromatic rings. The molecule has 88 valence electrons. The summed E-state index contributed by atoms with van der Waals surface area (Å²) in [6.07, 6.45) is 1.19. The number of allylic oxidation sites excluding steroid dienone is 1. The summed E-state index contributed by atoms with van der Waals surface area (Å²) in [6.45, 7) is 1.71. The SMILES string of the molecule is Cc1ccccc1/C=C/C(F)(F)C(F)(F)Br. The fourth-order valence-corrected chi connectivity index (χ4v) is 1.19. The lowest BCUT2D eigenvalue weighted by atomic mass is 10.1. The highest BCUT2D eigenvalue weighted by Gasteiger charge is 2.52. The largest absolute Gasteiger partial charge is 0.367 e. The molecule has 0 heterocycles. The first-order valence-electron chi connectivity index (χ1n) is 4.43. The molecule has 0 unspecified atom stereocenters. The van der Waals surface area contributed by atoms with Gasteiger partial charge in [0.15, 0.2) is 0 Å². The van der Waals surface area contributed by atoms with Crippen molar-refractivity contribution in [3.05, 3.63) is 41.5 Å². The van der Waals surface area contributed by atoms with E-state index in [4.69, 9.17) is 0 Å². The van der Waals surface area contributed by atoms with Gasteiger partial charge >= 0.3 is 10.8 Å². The molecule has 0 saturated carbocycles. The van der Waals surface area contributed by atoms with E-state index in [2.05, 4.69) is 0 Å². The first-order valence-corrected chi connectivity index (χ1v) is 5.23. The summed E-state index contributed by atoms with van der Waals surface area (Å²) in [5.41, 5.74) is 1.23. The van der Waals surface area contributed by atoms with Crippen LogP contribution in [0.4, 0.5) is 17.6 Å². The lowest BCUT2D eigenvalue weighted by Crippen LogP contribution is -2.32. The molecular formula is C11H9BrF4. The molecule has 0 radical (unpaired) electrons. The highest BCUT2D eigenvalue weighted by Crippen LogP contribution is 2.40. The van der Waals surface area contributed by atoms with Gasteiger partial charge in [0.05, 0.1) is 0 Å². The summed E-state index contributed by atoms with van der Waals surface area (Å²) in [7, 11) is 0. The molecule has 0 bridgehead atoms. The second-order valence-electron chi connectivity index (χ2n) is 3.31. The van der Waals surface area contributed by atoms with Crippen molar-refractivity contribution in [2.45, 2.75) is 17.7 Å². The van der Waals surface area contributed by atoms with Crippen LogP contribution < -0.4 is 0 Å². The van der Waals surface area contributed by atoms with Crippen LogP contribution in [0.1, 0.15) is 11.1 Å². The Morgan fingerprint density at radius 1 is 1.12 bits per heavy atom. The molecule has 0 atom stereocenters. The van der Waals surface area contributed by atoms with Crippen LogP contribution in [0.25, 0.3) is 6.08 Å². The molecule has 0 aromatic heterocycles. The van der Waals surface area contributed by atoms with Gasteiger partial charge in [-0.25, -0.2) is 0 Å². The maximum absolute atomic E-state index is 12.9. The summed E-state index contributed by atoms with van der Waals surface area (Å²) in [6, 6.07) is 6.68. The van der Waals surface area contributed by atoms with Gasteiger partial charge in [0.25, 0.3) is 0 Å². The predicted octanol–water partition coefficient (Wildman–Crippen LogP) is 4.63. The average Bonchev–Trinajstić information content (AvgIpc) is 2.15. The third kappa shape index (κ3) is 3.07. The Morgan fingerprint density at radius 2 is 1.69 bits per heavy atom. The minimum absolute atomic E-state index is 0.198. The molecule has 0 saturated heterocycles. The topological polar surface area (TPSA) is 0 Å². The Balaban J connectivity index is 2.94. The molecule has 0 aliphatic rings. The van der Waals surface area contributed by atoms with Crippen LogP contribution in [0.2, 0.25) is 0 Å². The molecule has 0 aliphatic carbocycles. The van der Waals surface area contributed by atoms with Crippen molar-refractivity contribution in [1.29, 1.82) is 0 Å². The Morgan fingerprint density at radius 3 is 2.19 bits per heavy atom. The smallest absolute Gasteiger partial charge is 0.194 e. The highest BCUT2D eigenvalue weighted by molar-refractivity contribution is 9.10. The lowest BCUT2D eigenvalue weighted by Gasteiger charge is -2.17. The summed E-state index contributed by atoms with van der Waals surface area (Å²) in [4.78, 5) is -4.24. The van der Waals surface area contributed by atoms with E-state index in [0.717, 1.165) is 11.6 Å². The van der Waals surface area contributed by atoms with Gasteiger partial charge in [-0.05, 0) is 40.1 Å². The number of alkyl halides is 5. The quantitative estimate of drug-likeness (QED) is 0.563. The highest BCUT2D eigenvalue weighted by atomic mass is 79.9. The Kier molecular flexibility index (Phi) is 3.78. The molecule has 1 rings (SSSR count). The van der Waals surface area contributed by atoms with Gasteiger partial charge in [-0.15, -0.1) is 0 Å². The van der Waals surface area contributed by atoms with Crippen molar-refractivity contribution in [2.75, 3.05) is 0 Å². The summed E-state index contributed by atoms with van der Waals surface area (Å²) in [5.74, 6) is -4.21. The third-order valence-electron chi connectivity index (χ3n) is 2.04. The molecule has 0 amide bonds. The van der Waals surface area contributed by atoms with Gasteiger partial charge in [0.1, 0.15) is 0 Å². The Hall–Kier alpha value is -0.840. The number of hydrogen-bond donors (Lipinski definition) is 0. The lowest BCUT2D eigenvalue weighted by molar-refractivity contribution is -0.110. The van der Waals surface area contributed by atoms with Gasteiger partial charge in [-0.1, -0.05) is 30.3 Å². The van der Waals surface area contributed by atoms with E-state index in [1.165, 1.54) is 0 Å². The standard InChI is InChI=1S/C11H9BrF4/c1-8-4-2-3-5-9(8)6-7-10(13,14)11(12,15)16/h2-7H,1H3/b7-6+. The zero-order valence-corrected chi connectivity index (χ0v) is 9.94. The van der Waals surface area contributed by atoms with Crippen molar-refractivity contribution in [1.82, 2.24) is 0 Å². The van der Waals surface area contributed by atoms with Gasteiger partial charge < -0.3 is 0 Å². The molecule has 1 aromatic carbocycles. The molecule has 0 fully saturated rings. The predicted molar refractivity (Wildman–Crippen MR) is 59.0 cm³/mol. The van der Waals surface area contributed by atoms with E-state index >= 15 is 0 Å². The van der Waals surface area contributed by atoms with Crippen molar-refractivity contribution < 1.29 is 17.6 Å². The fraction of sp³-hybridized carbons (Fsp3) is 0.273. The van der Waals surface area contributed by atoms with Gasteiger partial charge in [-0.2, -0.15) is 17.6 Å². The minimum atomic E-state index is -4.24. The van der Waals surface area contributed by atoms with Crippen LogP contribution in [0.15, 0.2) is 30.3 Å². The molecule has 16 heavy (non-hydrogen) atoms. The molecule has 0 aliphatic heterocycles. The van der Waals surface area contributed by atoms with Crippen LogP contribution in [-0.4, -0.2) is 10.8 Å². The van der Waals surface area contributed by atoms with Crippen LogP contribution >= 0.6 is 15.9 Å². The van der Waals surface area contributed by atoms with E-state index in [1.807, 2.05) is 0 Å². The minimum Gasteiger partial charge on any atom is -0.194 e. The zero-order chi connectivity index (χ0) is 12.4. The molecule has 5 heteroatoms. The number of halogens is 5. The van der Waals surface area contributed by atoms with E-state index in [1.54, 1.807) is 47.1 Å². The second-order valence-corrected chi connectivity index (χ2v) is 4.31. The van der Waals surface area contributed by atoms with Crippen molar-refractivity contribution >= 4 is 22.0 Å². The number of rotatable bonds is 3. The number of hydrogen-bond acceptors (Lipinski definition) is 0. The number of benzene rings is 1. The molecular weight excluding hydrogens is 288 g/mol. The Labute approximate surface area is 99.1 Å². The average molecular weight is 297 g/mol. The third-order valence-corrected chi connectivity index (χ3v) is 2.57. The van der Waals surface area contributed by atoms with E-state index < -0.39 is 10.8 Å². The molecule has 0 spiro atoms. The van der Waals surface area contributed by atoms with E-state index in [9.17, 15) is 17.6 Å². The Bertz CT molecular complexity index is 393. The molecule has 0 nitrogen and oxygen atoms in total. The maximum Gasteiger partial charge on any atom is 0.367 e. The molecule has 0 N–H and O–H groups in total. The van der Waals surface area contributed by atoms with E-state index in [0.29, 0.717) is 5.56 Å². The van der Waals surface area contributed by atoms with Crippen molar-refractivity contribution in [3.8, 4) is 0 Å². The van der Waals surface area contributed by atoms with Gasteiger partial charge in [0, 0.05) is 0 Å². The first kappa shape index (κ1) is 13.2. The zero-order valence-electron chi connectivity index (χ0n) is 8.35. The van der Waals surface area contributed by atoms with E-state index in [-0.39, 0.29) is 6.08 Å². The summed E-state index contributed by atoms with van der Waals surface area (Å²) >= 11 is 1.66. The van der Waals surface area contributed by atoms with Crippen LogP contribution in [0.3, 0.4) is 0 Å². The maximum atomic E-state index is 12.9. The van der Waals surface area contributed by atoms with Gasteiger partial charge in [0.2, 0.25) is 0 Å². The monoisotopic (exact) mass is 296 g/mol. The fourth-order valence-electron chi connectivity index (χ4n) is 1.06.